The van der Waals surface area contributed by atoms with Crippen LogP contribution in [0.4, 0.5) is 5.69 Å². The van der Waals surface area contributed by atoms with Crippen LogP contribution in [0.5, 0.6) is 0 Å². The average Bonchev–Trinajstić information content (AvgIpc) is 3.35. The third-order valence-corrected chi connectivity index (χ3v) is 5.89. The van der Waals surface area contributed by atoms with Crippen molar-refractivity contribution in [2.75, 3.05) is 31.6 Å². The second kappa shape index (κ2) is 8.61. The van der Waals surface area contributed by atoms with Crippen molar-refractivity contribution in [3.05, 3.63) is 71.3 Å². The Bertz CT molecular complexity index is 844. The fourth-order valence-electron chi connectivity index (χ4n) is 4.36. The number of ether oxygens (including phenoxy) is 1. The summed E-state index contributed by atoms with van der Waals surface area (Å²) in [5, 5.41) is 0. The van der Waals surface area contributed by atoms with Gasteiger partial charge in [0.15, 0.2) is 0 Å². The van der Waals surface area contributed by atoms with E-state index in [0.717, 1.165) is 25.2 Å². The molecule has 146 valence electrons. The van der Waals surface area contributed by atoms with Crippen LogP contribution >= 0.6 is 0 Å². The molecule has 0 N–H and O–H groups in total. The van der Waals surface area contributed by atoms with Crippen LogP contribution in [0.25, 0.3) is 6.08 Å². The lowest BCUT2D eigenvalue weighted by atomic mass is 10.1. The van der Waals surface area contributed by atoms with Gasteiger partial charge < -0.3 is 9.64 Å². The number of fused-ring (bicyclic) bond motifs is 1. The Morgan fingerprint density at radius 1 is 1.14 bits per heavy atom. The molecular formula is C24H28N2O2. The number of hydrogen-bond acceptors (Lipinski definition) is 4. The highest BCUT2D eigenvalue weighted by atomic mass is 16.5. The Hall–Kier alpha value is -2.59. The number of carbonyl (C=O) groups excluding carboxylic acids is 1. The number of anilines is 1. The van der Waals surface area contributed by atoms with E-state index in [9.17, 15) is 4.79 Å². The van der Waals surface area contributed by atoms with Gasteiger partial charge in [0.1, 0.15) is 0 Å². The first-order valence-electron chi connectivity index (χ1n) is 10.1. The van der Waals surface area contributed by atoms with Gasteiger partial charge >= 0.3 is 5.97 Å². The van der Waals surface area contributed by atoms with Crippen LogP contribution in [-0.4, -0.2) is 43.7 Å². The fraction of sp³-hybridized carbons (Fsp3) is 0.375. The third-order valence-electron chi connectivity index (χ3n) is 5.89. The molecule has 2 aliphatic heterocycles. The van der Waals surface area contributed by atoms with Gasteiger partial charge in [-0.05, 0) is 54.6 Å². The number of methoxy groups -OCH3 is 1. The molecule has 1 saturated heterocycles. The van der Waals surface area contributed by atoms with E-state index in [-0.39, 0.29) is 5.97 Å². The SMILES string of the molecule is COC(=O)C=Cc1ccc(CN2CCCC2CN2CCc3ccccc32)cc1. The van der Waals surface area contributed by atoms with Crippen molar-refractivity contribution in [3.8, 4) is 0 Å². The van der Waals surface area contributed by atoms with Crippen LogP contribution < -0.4 is 4.90 Å². The van der Waals surface area contributed by atoms with Gasteiger partial charge in [-0.25, -0.2) is 4.79 Å². The molecule has 2 aromatic rings. The van der Waals surface area contributed by atoms with E-state index in [1.165, 1.54) is 55.8 Å². The maximum absolute atomic E-state index is 11.2. The molecule has 1 fully saturated rings. The highest BCUT2D eigenvalue weighted by Gasteiger charge is 2.28. The van der Waals surface area contributed by atoms with E-state index < -0.39 is 0 Å². The van der Waals surface area contributed by atoms with E-state index >= 15 is 0 Å². The molecule has 0 amide bonds. The van der Waals surface area contributed by atoms with Crippen molar-refractivity contribution < 1.29 is 9.53 Å². The van der Waals surface area contributed by atoms with Gasteiger partial charge in [-0.15, -0.1) is 0 Å². The first kappa shape index (κ1) is 18.8. The summed E-state index contributed by atoms with van der Waals surface area (Å²) in [7, 11) is 1.39. The van der Waals surface area contributed by atoms with Crippen molar-refractivity contribution in [2.24, 2.45) is 0 Å². The molecule has 0 bridgehead atoms. The van der Waals surface area contributed by atoms with Crippen LogP contribution in [0, 0.1) is 0 Å². The molecule has 4 nitrogen and oxygen atoms in total. The summed E-state index contributed by atoms with van der Waals surface area (Å²) in [4.78, 5) is 16.4. The molecule has 4 rings (SSSR count). The highest BCUT2D eigenvalue weighted by molar-refractivity contribution is 5.86. The summed E-state index contributed by atoms with van der Waals surface area (Å²) in [6, 6.07) is 17.9. The lowest BCUT2D eigenvalue weighted by Gasteiger charge is -2.30. The van der Waals surface area contributed by atoms with Gasteiger partial charge in [-0.2, -0.15) is 0 Å². The molecule has 0 aliphatic carbocycles. The second-order valence-corrected chi connectivity index (χ2v) is 7.69. The Morgan fingerprint density at radius 2 is 1.96 bits per heavy atom. The summed E-state index contributed by atoms with van der Waals surface area (Å²) in [5.41, 5.74) is 5.25. The smallest absolute Gasteiger partial charge is 0.330 e. The standard InChI is InChI=1S/C24H28N2O2/c1-28-24(27)13-12-19-8-10-20(11-9-19)17-25-15-4-6-22(25)18-26-16-14-21-5-2-3-7-23(21)26/h2-3,5,7-13,22H,4,6,14-18H2,1H3. The van der Waals surface area contributed by atoms with E-state index in [1.807, 2.05) is 0 Å². The number of esters is 1. The van der Waals surface area contributed by atoms with Gasteiger partial charge in [-0.1, -0.05) is 42.5 Å². The van der Waals surface area contributed by atoms with Crippen molar-refractivity contribution >= 4 is 17.7 Å². The predicted molar refractivity (Wildman–Crippen MR) is 113 cm³/mol. The molecule has 0 spiro atoms. The zero-order valence-electron chi connectivity index (χ0n) is 16.5. The Morgan fingerprint density at radius 3 is 2.79 bits per heavy atom. The predicted octanol–water partition coefficient (Wildman–Crippen LogP) is 3.90. The van der Waals surface area contributed by atoms with Gasteiger partial charge in [0, 0.05) is 37.4 Å². The number of benzene rings is 2. The summed E-state index contributed by atoms with van der Waals surface area (Å²) in [6.45, 7) is 4.42. The Labute approximate surface area is 167 Å². The Balaban J connectivity index is 1.37. The fourth-order valence-corrected chi connectivity index (χ4v) is 4.36. The van der Waals surface area contributed by atoms with Gasteiger partial charge in [0.2, 0.25) is 0 Å². The summed E-state index contributed by atoms with van der Waals surface area (Å²) >= 11 is 0. The lowest BCUT2D eigenvalue weighted by molar-refractivity contribution is -0.134. The second-order valence-electron chi connectivity index (χ2n) is 7.69. The van der Waals surface area contributed by atoms with Crippen molar-refractivity contribution in [3.63, 3.8) is 0 Å². The quantitative estimate of drug-likeness (QED) is 0.565. The molecule has 0 aromatic heterocycles. The molecule has 2 heterocycles. The van der Waals surface area contributed by atoms with Crippen LogP contribution in [0.15, 0.2) is 54.6 Å². The maximum Gasteiger partial charge on any atom is 0.330 e. The number of hydrogen-bond donors (Lipinski definition) is 0. The van der Waals surface area contributed by atoms with Gasteiger partial charge in [-0.3, -0.25) is 4.90 Å². The Kier molecular flexibility index (Phi) is 5.77. The summed E-state index contributed by atoms with van der Waals surface area (Å²) in [5.74, 6) is -0.326. The first-order valence-corrected chi connectivity index (χ1v) is 10.1. The molecule has 4 heteroatoms. The van der Waals surface area contributed by atoms with Crippen LogP contribution in [0.1, 0.15) is 29.5 Å². The average molecular weight is 377 g/mol. The van der Waals surface area contributed by atoms with Gasteiger partial charge in [0.05, 0.1) is 7.11 Å². The van der Waals surface area contributed by atoms with Gasteiger partial charge in [0.25, 0.3) is 0 Å². The molecule has 1 atom stereocenters. The van der Waals surface area contributed by atoms with Crippen LogP contribution in [-0.2, 0) is 22.5 Å². The number of para-hydroxylation sites is 1. The van der Waals surface area contributed by atoms with E-state index in [2.05, 4.69) is 63.1 Å². The number of rotatable bonds is 6. The molecule has 2 aromatic carbocycles. The minimum absolute atomic E-state index is 0.326. The molecule has 0 radical (unpaired) electrons. The molecule has 0 saturated carbocycles. The minimum atomic E-state index is -0.326. The lowest BCUT2D eigenvalue weighted by Crippen LogP contribution is -2.39. The third kappa shape index (κ3) is 4.28. The van der Waals surface area contributed by atoms with Crippen molar-refractivity contribution in [1.82, 2.24) is 4.90 Å². The zero-order chi connectivity index (χ0) is 19.3. The topological polar surface area (TPSA) is 32.8 Å². The first-order chi connectivity index (χ1) is 13.7. The number of carbonyl (C=O) groups is 1. The number of nitrogens with zero attached hydrogens (tertiary/aromatic N) is 2. The normalized spacial score (nSPS) is 19.3. The molecular weight excluding hydrogens is 348 g/mol. The number of likely N-dealkylation sites (tertiary alicyclic amines) is 1. The van der Waals surface area contributed by atoms with E-state index in [0.29, 0.717) is 6.04 Å². The highest BCUT2D eigenvalue weighted by Crippen LogP contribution is 2.30. The monoisotopic (exact) mass is 376 g/mol. The van der Waals surface area contributed by atoms with Crippen molar-refractivity contribution in [2.45, 2.75) is 31.8 Å². The van der Waals surface area contributed by atoms with E-state index in [4.69, 9.17) is 0 Å². The summed E-state index contributed by atoms with van der Waals surface area (Å²) < 4.78 is 4.64. The largest absolute Gasteiger partial charge is 0.466 e. The molecule has 28 heavy (non-hydrogen) atoms. The van der Waals surface area contributed by atoms with Crippen LogP contribution in [0.2, 0.25) is 0 Å². The zero-order valence-corrected chi connectivity index (χ0v) is 16.5. The van der Waals surface area contributed by atoms with Crippen LogP contribution in [0.3, 0.4) is 0 Å². The van der Waals surface area contributed by atoms with E-state index in [1.54, 1.807) is 6.08 Å². The minimum Gasteiger partial charge on any atom is -0.466 e. The summed E-state index contributed by atoms with van der Waals surface area (Å²) in [6.07, 6.45) is 6.97. The molecule has 1 unspecified atom stereocenters. The molecule has 2 aliphatic rings. The van der Waals surface area contributed by atoms with Crippen molar-refractivity contribution in [1.29, 1.82) is 0 Å². The maximum atomic E-state index is 11.2.